The Kier molecular flexibility index (Phi) is 5.98. The molecule has 144 valence electrons. The van der Waals surface area contributed by atoms with Gasteiger partial charge in [-0.2, -0.15) is 0 Å². The van der Waals surface area contributed by atoms with Crippen LogP contribution in [0.1, 0.15) is 45.9 Å². The zero-order valence-corrected chi connectivity index (χ0v) is 16.9. The summed E-state index contributed by atoms with van der Waals surface area (Å²) >= 11 is 0. The number of carbonyl (C=O) groups is 2. The van der Waals surface area contributed by atoms with Gasteiger partial charge in [-0.25, -0.2) is 9.97 Å². The molecule has 2 aromatic rings. The number of nitrogens with one attached hydrogen (secondary N) is 2. The molecule has 0 spiro atoms. The summed E-state index contributed by atoms with van der Waals surface area (Å²) in [5.41, 5.74) is 0.573. The molecule has 2 aromatic heterocycles. The second-order valence-corrected chi connectivity index (χ2v) is 8.45. The molecule has 0 aliphatic rings. The molecule has 0 aromatic carbocycles. The normalized spacial score (nSPS) is 11.8. The summed E-state index contributed by atoms with van der Waals surface area (Å²) in [6.45, 7) is 11.2. The van der Waals surface area contributed by atoms with E-state index in [4.69, 9.17) is 0 Å². The minimum absolute atomic E-state index is 0.102. The van der Waals surface area contributed by atoms with Gasteiger partial charge >= 0.3 is 0 Å². The van der Waals surface area contributed by atoms with Gasteiger partial charge in [-0.15, -0.1) is 0 Å². The number of pyridine rings is 2. The summed E-state index contributed by atoms with van der Waals surface area (Å²) in [4.78, 5) is 33.5. The predicted molar refractivity (Wildman–Crippen MR) is 107 cm³/mol. The van der Waals surface area contributed by atoms with Crippen LogP contribution >= 0.6 is 0 Å². The third kappa shape index (κ3) is 5.88. The molecule has 0 bridgehead atoms. The summed E-state index contributed by atoms with van der Waals surface area (Å²) in [5.74, 6) is 0.789. The van der Waals surface area contributed by atoms with Gasteiger partial charge in [-0.05, 0) is 36.8 Å². The van der Waals surface area contributed by atoms with Crippen LogP contribution in [0.2, 0.25) is 0 Å². The Morgan fingerprint density at radius 1 is 0.963 bits per heavy atom. The van der Waals surface area contributed by atoms with E-state index in [1.165, 1.54) is 0 Å². The van der Waals surface area contributed by atoms with Crippen LogP contribution < -0.4 is 10.6 Å². The molecule has 2 heterocycles. The van der Waals surface area contributed by atoms with Gasteiger partial charge in [0, 0.05) is 29.1 Å². The Balaban J connectivity index is 2.09. The lowest BCUT2D eigenvalue weighted by Crippen LogP contribution is -2.33. The van der Waals surface area contributed by atoms with E-state index in [0.29, 0.717) is 18.1 Å². The van der Waals surface area contributed by atoms with Gasteiger partial charge in [0.25, 0.3) is 0 Å². The van der Waals surface area contributed by atoms with E-state index in [2.05, 4.69) is 20.6 Å². The first kappa shape index (κ1) is 20.6. The summed E-state index contributed by atoms with van der Waals surface area (Å²) in [6, 6.07) is 9.14. The van der Waals surface area contributed by atoms with Crippen molar-refractivity contribution in [2.24, 2.45) is 10.8 Å². The molecule has 27 heavy (non-hydrogen) atoms. The van der Waals surface area contributed by atoms with Gasteiger partial charge in [0.05, 0.1) is 0 Å². The number of anilines is 2. The average Bonchev–Trinajstić information content (AvgIpc) is 2.53. The largest absolute Gasteiger partial charge is 0.310 e. The van der Waals surface area contributed by atoms with E-state index in [1.807, 2.05) is 65.8 Å². The molecule has 0 saturated heterocycles. The Morgan fingerprint density at radius 2 is 1.63 bits per heavy atom. The minimum Gasteiger partial charge on any atom is -0.310 e. The number of nitrogens with zero attached hydrogens (tertiary/aromatic N) is 2. The summed E-state index contributed by atoms with van der Waals surface area (Å²) in [7, 11) is 0. The lowest BCUT2D eigenvalue weighted by atomic mass is 9.86. The quantitative estimate of drug-likeness (QED) is 0.836. The SMILES string of the molecule is Cc1ccnc(NC(=O)C(C)(C)Cc2cccc(NC(=O)C(C)(C)C)n2)c1. The zero-order valence-electron chi connectivity index (χ0n) is 16.9. The number of carbonyl (C=O) groups excluding carboxylic acids is 2. The van der Waals surface area contributed by atoms with E-state index >= 15 is 0 Å². The van der Waals surface area contributed by atoms with E-state index < -0.39 is 10.8 Å². The fourth-order valence-corrected chi connectivity index (χ4v) is 2.37. The van der Waals surface area contributed by atoms with Crippen LogP contribution in [0.15, 0.2) is 36.5 Å². The lowest BCUT2D eigenvalue weighted by Gasteiger charge is -2.23. The Bertz CT molecular complexity index is 838. The molecule has 2 N–H and O–H groups in total. The highest BCUT2D eigenvalue weighted by Crippen LogP contribution is 2.24. The van der Waals surface area contributed by atoms with Crippen LogP contribution in [0.25, 0.3) is 0 Å². The van der Waals surface area contributed by atoms with Crippen LogP contribution in [0, 0.1) is 17.8 Å². The highest BCUT2D eigenvalue weighted by molar-refractivity contribution is 5.94. The predicted octanol–water partition coefficient (Wildman–Crippen LogP) is 3.98. The molecule has 0 atom stereocenters. The smallest absolute Gasteiger partial charge is 0.231 e. The van der Waals surface area contributed by atoms with Crippen LogP contribution in [0.3, 0.4) is 0 Å². The fraction of sp³-hybridized carbons (Fsp3) is 0.429. The number of hydrogen-bond donors (Lipinski definition) is 2. The molecule has 0 aliphatic carbocycles. The molecule has 6 heteroatoms. The molecule has 0 fully saturated rings. The number of hydrogen-bond acceptors (Lipinski definition) is 4. The van der Waals surface area contributed by atoms with Crippen LogP contribution in [0.4, 0.5) is 11.6 Å². The van der Waals surface area contributed by atoms with Gasteiger partial charge in [0.15, 0.2) is 0 Å². The monoisotopic (exact) mass is 368 g/mol. The van der Waals surface area contributed by atoms with Gasteiger partial charge in [-0.1, -0.05) is 40.7 Å². The number of amides is 2. The van der Waals surface area contributed by atoms with Gasteiger partial charge in [0.2, 0.25) is 11.8 Å². The first-order chi connectivity index (χ1) is 12.5. The molecule has 0 radical (unpaired) electrons. The molecule has 6 nitrogen and oxygen atoms in total. The second-order valence-electron chi connectivity index (χ2n) is 8.45. The Labute approximate surface area is 160 Å². The maximum absolute atomic E-state index is 12.7. The minimum atomic E-state index is -0.689. The maximum atomic E-state index is 12.7. The third-order valence-electron chi connectivity index (χ3n) is 4.12. The molecular formula is C21H28N4O2. The topological polar surface area (TPSA) is 84.0 Å². The fourth-order valence-electron chi connectivity index (χ4n) is 2.37. The Morgan fingerprint density at radius 3 is 2.26 bits per heavy atom. The maximum Gasteiger partial charge on any atom is 0.231 e. The van der Waals surface area contributed by atoms with Crippen molar-refractivity contribution in [3.8, 4) is 0 Å². The second kappa shape index (κ2) is 7.86. The van der Waals surface area contributed by atoms with Crippen molar-refractivity contribution in [1.29, 1.82) is 0 Å². The lowest BCUT2D eigenvalue weighted by molar-refractivity contribution is -0.124. The third-order valence-corrected chi connectivity index (χ3v) is 4.12. The molecule has 0 unspecified atom stereocenters. The number of rotatable bonds is 5. The van der Waals surface area contributed by atoms with E-state index in [1.54, 1.807) is 12.3 Å². The summed E-state index contributed by atoms with van der Waals surface area (Å²) in [6.07, 6.45) is 2.10. The summed E-state index contributed by atoms with van der Waals surface area (Å²) in [5, 5.41) is 5.69. The van der Waals surface area contributed by atoms with E-state index in [-0.39, 0.29) is 11.8 Å². The van der Waals surface area contributed by atoms with E-state index in [9.17, 15) is 9.59 Å². The van der Waals surface area contributed by atoms with Crippen molar-refractivity contribution in [1.82, 2.24) is 9.97 Å². The van der Waals surface area contributed by atoms with Crippen molar-refractivity contribution in [3.63, 3.8) is 0 Å². The van der Waals surface area contributed by atoms with Gasteiger partial charge < -0.3 is 10.6 Å². The highest BCUT2D eigenvalue weighted by Gasteiger charge is 2.29. The van der Waals surface area contributed by atoms with Crippen molar-refractivity contribution in [2.75, 3.05) is 10.6 Å². The Hall–Kier alpha value is -2.76. The van der Waals surface area contributed by atoms with Gasteiger partial charge in [-0.3, -0.25) is 9.59 Å². The zero-order chi connectivity index (χ0) is 20.2. The van der Waals surface area contributed by atoms with Crippen LogP contribution in [-0.4, -0.2) is 21.8 Å². The molecular weight excluding hydrogens is 340 g/mol. The van der Waals surface area contributed by atoms with Crippen molar-refractivity contribution in [2.45, 2.75) is 48.0 Å². The molecule has 2 amide bonds. The van der Waals surface area contributed by atoms with E-state index in [0.717, 1.165) is 11.3 Å². The molecule has 0 aliphatic heterocycles. The van der Waals surface area contributed by atoms with Crippen LogP contribution in [-0.2, 0) is 16.0 Å². The number of aryl methyl sites for hydroxylation is 1. The highest BCUT2D eigenvalue weighted by atomic mass is 16.2. The summed E-state index contributed by atoms with van der Waals surface area (Å²) < 4.78 is 0. The van der Waals surface area contributed by atoms with Crippen molar-refractivity contribution in [3.05, 3.63) is 47.8 Å². The van der Waals surface area contributed by atoms with Crippen molar-refractivity contribution >= 4 is 23.5 Å². The van der Waals surface area contributed by atoms with Crippen molar-refractivity contribution < 1.29 is 9.59 Å². The van der Waals surface area contributed by atoms with Gasteiger partial charge in [0.1, 0.15) is 11.6 Å². The first-order valence-corrected chi connectivity index (χ1v) is 8.99. The average molecular weight is 368 g/mol. The standard InChI is InChI=1S/C21H28N4O2/c1-14-10-11-22-17(12-14)25-19(27)21(5,6)13-15-8-7-9-16(23-15)24-18(26)20(2,3)4/h7-12H,13H2,1-6H3,(H,22,25,27)(H,23,24,26). The molecule has 2 rings (SSSR count). The number of aromatic nitrogens is 2. The first-order valence-electron chi connectivity index (χ1n) is 8.99. The molecule has 0 saturated carbocycles. The van der Waals surface area contributed by atoms with Crippen LogP contribution in [0.5, 0.6) is 0 Å².